The van der Waals surface area contributed by atoms with E-state index in [9.17, 15) is 4.79 Å². The lowest BCUT2D eigenvalue weighted by Gasteiger charge is -2.03. The molecule has 2 aromatic rings. The average molecular weight is 252 g/mol. The van der Waals surface area contributed by atoms with Crippen LogP contribution in [0.5, 0.6) is 0 Å². The van der Waals surface area contributed by atoms with Gasteiger partial charge in [0.15, 0.2) is 5.78 Å². The van der Waals surface area contributed by atoms with Crippen LogP contribution >= 0.6 is 0 Å². The number of Topliss-reactive ketones (excluding diaryl/α,β-unsaturated/α-hetero) is 1. The second-order valence-corrected chi connectivity index (χ2v) is 4.96. The molecule has 2 aromatic carbocycles. The van der Waals surface area contributed by atoms with Crippen LogP contribution in [0.2, 0.25) is 0 Å². The highest BCUT2D eigenvalue weighted by Crippen LogP contribution is 2.11. The van der Waals surface area contributed by atoms with Crippen LogP contribution in [0.3, 0.4) is 0 Å². The van der Waals surface area contributed by atoms with Crippen LogP contribution in [-0.4, -0.2) is 5.78 Å². The zero-order valence-corrected chi connectivity index (χ0v) is 11.6. The van der Waals surface area contributed by atoms with Crippen molar-refractivity contribution in [2.45, 2.75) is 33.1 Å². The van der Waals surface area contributed by atoms with Gasteiger partial charge in [0.1, 0.15) is 0 Å². The van der Waals surface area contributed by atoms with Crippen molar-refractivity contribution in [2.24, 2.45) is 0 Å². The Morgan fingerprint density at radius 3 is 2.05 bits per heavy atom. The third kappa shape index (κ3) is 3.78. The summed E-state index contributed by atoms with van der Waals surface area (Å²) in [5.41, 5.74) is 4.58. The summed E-state index contributed by atoms with van der Waals surface area (Å²) in [6.45, 7) is 4.19. The van der Waals surface area contributed by atoms with E-state index in [1.165, 1.54) is 16.7 Å². The zero-order chi connectivity index (χ0) is 13.7. The van der Waals surface area contributed by atoms with Crippen LogP contribution in [0, 0.1) is 6.92 Å². The lowest BCUT2D eigenvalue weighted by molar-refractivity contribution is 0.0983. The molecule has 0 unspecified atom stereocenters. The van der Waals surface area contributed by atoms with Crippen molar-refractivity contribution in [3.63, 3.8) is 0 Å². The number of ketones is 1. The van der Waals surface area contributed by atoms with Crippen molar-refractivity contribution in [1.82, 2.24) is 0 Å². The van der Waals surface area contributed by atoms with Gasteiger partial charge in [-0.05, 0) is 30.9 Å². The zero-order valence-electron chi connectivity index (χ0n) is 11.6. The molecule has 0 aliphatic rings. The molecule has 0 bridgehead atoms. The monoisotopic (exact) mass is 252 g/mol. The highest BCUT2D eigenvalue weighted by Gasteiger charge is 2.06. The fraction of sp³-hybridized carbons (Fsp3) is 0.278. The van der Waals surface area contributed by atoms with E-state index in [2.05, 4.69) is 38.1 Å². The Kier molecular flexibility index (Phi) is 4.51. The summed E-state index contributed by atoms with van der Waals surface area (Å²) >= 11 is 0. The summed E-state index contributed by atoms with van der Waals surface area (Å²) in [6, 6.07) is 16.3. The van der Waals surface area contributed by atoms with Crippen LogP contribution in [0.15, 0.2) is 48.5 Å². The first-order valence-corrected chi connectivity index (χ1v) is 6.86. The van der Waals surface area contributed by atoms with E-state index >= 15 is 0 Å². The Bertz CT molecular complexity index is 535. The first kappa shape index (κ1) is 13.5. The van der Waals surface area contributed by atoms with Gasteiger partial charge in [-0.2, -0.15) is 0 Å². The van der Waals surface area contributed by atoms with Crippen LogP contribution in [-0.2, 0) is 12.8 Å². The third-order valence-electron chi connectivity index (χ3n) is 3.45. The van der Waals surface area contributed by atoms with Gasteiger partial charge in [-0.25, -0.2) is 0 Å². The minimum absolute atomic E-state index is 0.225. The van der Waals surface area contributed by atoms with Gasteiger partial charge in [0, 0.05) is 12.0 Å². The lowest BCUT2D eigenvalue weighted by Crippen LogP contribution is -2.01. The van der Waals surface area contributed by atoms with E-state index in [1.807, 2.05) is 24.3 Å². The first-order chi connectivity index (χ1) is 9.19. The molecule has 0 radical (unpaired) electrons. The van der Waals surface area contributed by atoms with Gasteiger partial charge in [0.25, 0.3) is 0 Å². The van der Waals surface area contributed by atoms with Gasteiger partial charge in [-0.3, -0.25) is 4.79 Å². The smallest absolute Gasteiger partial charge is 0.163 e. The van der Waals surface area contributed by atoms with E-state index in [-0.39, 0.29) is 5.78 Å². The molecule has 1 heteroatoms. The first-order valence-electron chi connectivity index (χ1n) is 6.86. The largest absolute Gasteiger partial charge is 0.294 e. The predicted octanol–water partition coefficient (Wildman–Crippen LogP) is 4.37. The van der Waals surface area contributed by atoms with E-state index < -0.39 is 0 Å². The van der Waals surface area contributed by atoms with Crippen molar-refractivity contribution in [3.8, 4) is 0 Å². The maximum atomic E-state index is 12.1. The van der Waals surface area contributed by atoms with E-state index in [0.29, 0.717) is 6.42 Å². The Morgan fingerprint density at radius 1 is 0.895 bits per heavy atom. The summed E-state index contributed by atoms with van der Waals surface area (Å²) in [5.74, 6) is 0.225. The molecule has 2 rings (SSSR count). The van der Waals surface area contributed by atoms with Crippen molar-refractivity contribution >= 4 is 5.78 Å². The number of hydrogen-bond donors (Lipinski definition) is 0. The number of hydrogen-bond acceptors (Lipinski definition) is 1. The highest BCUT2D eigenvalue weighted by atomic mass is 16.1. The summed E-state index contributed by atoms with van der Waals surface area (Å²) in [5, 5.41) is 0. The topological polar surface area (TPSA) is 17.1 Å². The molecule has 0 N–H and O–H groups in total. The molecular weight excluding hydrogens is 232 g/mol. The Balaban J connectivity index is 1.95. The molecule has 98 valence electrons. The highest BCUT2D eigenvalue weighted by molar-refractivity contribution is 5.96. The number of carbonyl (C=O) groups excluding carboxylic acids is 1. The maximum absolute atomic E-state index is 12.1. The Labute approximate surface area is 115 Å². The van der Waals surface area contributed by atoms with Crippen molar-refractivity contribution in [1.29, 1.82) is 0 Å². The molecule has 0 saturated carbocycles. The number of rotatable bonds is 5. The molecule has 0 amide bonds. The van der Waals surface area contributed by atoms with Gasteiger partial charge in [-0.15, -0.1) is 0 Å². The van der Waals surface area contributed by atoms with Crippen molar-refractivity contribution < 1.29 is 4.79 Å². The third-order valence-corrected chi connectivity index (χ3v) is 3.45. The number of aryl methyl sites for hydroxylation is 3. The molecule has 0 atom stereocenters. The lowest BCUT2D eigenvalue weighted by atomic mass is 10.0. The van der Waals surface area contributed by atoms with Crippen LogP contribution in [0.25, 0.3) is 0 Å². The standard InChI is InChI=1S/C18H20O/c1-3-15-8-11-17(12-9-15)18(19)13-10-16-6-4-14(2)5-7-16/h4-9,11-12H,3,10,13H2,1-2H3. The van der Waals surface area contributed by atoms with Gasteiger partial charge in [0.05, 0.1) is 0 Å². The van der Waals surface area contributed by atoms with Gasteiger partial charge in [0.2, 0.25) is 0 Å². The quantitative estimate of drug-likeness (QED) is 0.722. The number of carbonyl (C=O) groups is 1. The van der Waals surface area contributed by atoms with Crippen LogP contribution < -0.4 is 0 Å². The average Bonchev–Trinajstić information content (AvgIpc) is 2.46. The van der Waals surface area contributed by atoms with Crippen molar-refractivity contribution in [3.05, 3.63) is 70.8 Å². The molecule has 0 fully saturated rings. The molecule has 0 spiro atoms. The maximum Gasteiger partial charge on any atom is 0.163 e. The molecule has 0 aliphatic carbocycles. The van der Waals surface area contributed by atoms with Crippen molar-refractivity contribution in [2.75, 3.05) is 0 Å². The summed E-state index contributed by atoms with van der Waals surface area (Å²) in [4.78, 5) is 12.1. The van der Waals surface area contributed by atoms with Gasteiger partial charge in [-0.1, -0.05) is 61.0 Å². The minimum Gasteiger partial charge on any atom is -0.294 e. The predicted molar refractivity (Wildman–Crippen MR) is 79.7 cm³/mol. The fourth-order valence-corrected chi connectivity index (χ4v) is 2.08. The van der Waals surface area contributed by atoms with E-state index in [1.54, 1.807) is 0 Å². The number of benzene rings is 2. The molecule has 0 heterocycles. The Hall–Kier alpha value is -1.89. The van der Waals surface area contributed by atoms with Crippen LogP contribution in [0.4, 0.5) is 0 Å². The van der Waals surface area contributed by atoms with Gasteiger partial charge >= 0.3 is 0 Å². The van der Waals surface area contributed by atoms with Crippen LogP contribution in [0.1, 0.15) is 40.4 Å². The molecule has 0 aliphatic heterocycles. The summed E-state index contributed by atoms with van der Waals surface area (Å²) in [7, 11) is 0. The molecule has 1 nitrogen and oxygen atoms in total. The normalized spacial score (nSPS) is 10.4. The molecule has 19 heavy (non-hydrogen) atoms. The summed E-state index contributed by atoms with van der Waals surface area (Å²) in [6.07, 6.45) is 2.40. The van der Waals surface area contributed by atoms with Gasteiger partial charge < -0.3 is 0 Å². The van der Waals surface area contributed by atoms with E-state index in [4.69, 9.17) is 0 Å². The Morgan fingerprint density at radius 2 is 1.47 bits per heavy atom. The van der Waals surface area contributed by atoms with E-state index in [0.717, 1.165) is 18.4 Å². The molecule has 0 aromatic heterocycles. The second kappa shape index (κ2) is 6.33. The second-order valence-electron chi connectivity index (χ2n) is 4.96. The SMILES string of the molecule is CCc1ccc(C(=O)CCc2ccc(C)cc2)cc1. The summed E-state index contributed by atoms with van der Waals surface area (Å²) < 4.78 is 0. The molecule has 0 saturated heterocycles. The fourth-order valence-electron chi connectivity index (χ4n) is 2.08. The molecular formula is C18H20O. The minimum atomic E-state index is 0.225.